The third kappa shape index (κ3) is 4.80. The minimum absolute atomic E-state index is 0.0195. The van der Waals surface area contributed by atoms with Gasteiger partial charge in [-0.25, -0.2) is 4.79 Å². The van der Waals surface area contributed by atoms with Gasteiger partial charge in [0.15, 0.2) is 11.5 Å². The fourth-order valence-corrected chi connectivity index (χ4v) is 1.59. The van der Waals surface area contributed by atoms with Crippen LogP contribution in [0.2, 0.25) is 0 Å². The van der Waals surface area contributed by atoms with Crippen LogP contribution in [-0.4, -0.2) is 40.7 Å². The summed E-state index contributed by atoms with van der Waals surface area (Å²) in [6, 6.07) is 2.71. The van der Waals surface area contributed by atoms with Crippen LogP contribution in [0, 0.1) is 0 Å². The minimum Gasteiger partial charge on any atom is -0.503 e. The van der Waals surface area contributed by atoms with Crippen LogP contribution in [0.3, 0.4) is 0 Å². The number of phenols is 1. The second kappa shape index (κ2) is 6.64. The molecule has 118 valence electrons. The number of carbonyl (C=O) groups excluding carboxylic acids is 1. The molecule has 0 radical (unpaired) electrons. The summed E-state index contributed by atoms with van der Waals surface area (Å²) in [4.78, 5) is 11.7. The highest BCUT2D eigenvalue weighted by Gasteiger charge is 2.20. The molecule has 1 unspecified atom stereocenters. The lowest BCUT2D eigenvalue weighted by Gasteiger charge is -2.21. The Labute approximate surface area is 123 Å². The molecule has 1 amide bonds. The zero-order chi connectivity index (χ0) is 16.2. The molecule has 0 spiro atoms. The molecule has 0 saturated carbocycles. The van der Waals surface area contributed by atoms with Gasteiger partial charge in [-0.1, -0.05) is 0 Å². The molecule has 7 nitrogen and oxygen atoms in total. The summed E-state index contributed by atoms with van der Waals surface area (Å²) in [6.07, 6.45) is -1.91. The Morgan fingerprint density at radius 2 is 2.00 bits per heavy atom. The normalized spacial score (nSPS) is 12.7. The van der Waals surface area contributed by atoms with Crippen LogP contribution in [0.15, 0.2) is 12.1 Å². The van der Waals surface area contributed by atoms with Crippen LogP contribution >= 0.6 is 0 Å². The van der Waals surface area contributed by atoms with E-state index in [0.29, 0.717) is 5.56 Å². The van der Waals surface area contributed by atoms with E-state index in [1.54, 1.807) is 20.8 Å². The molecule has 0 bridgehead atoms. The van der Waals surface area contributed by atoms with Gasteiger partial charge in [-0.2, -0.15) is 0 Å². The van der Waals surface area contributed by atoms with Gasteiger partial charge in [-0.05, 0) is 38.5 Å². The van der Waals surface area contributed by atoms with Gasteiger partial charge in [-0.15, -0.1) is 0 Å². The molecule has 4 N–H and O–H groups in total. The molecule has 0 heterocycles. The molecular weight excluding hydrogens is 278 g/mol. The second-order valence-corrected chi connectivity index (χ2v) is 5.44. The first-order valence-corrected chi connectivity index (χ1v) is 6.37. The lowest BCUT2D eigenvalue weighted by molar-refractivity contribution is 0.0635. The Hall–Kier alpha value is -1.99. The van der Waals surface area contributed by atoms with Crippen LogP contribution < -0.4 is 10.1 Å². The van der Waals surface area contributed by atoms with E-state index in [0.717, 1.165) is 0 Å². The first kappa shape index (κ1) is 17.1. The molecule has 0 aliphatic rings. The van der Waals surface area contributed by atoms with Gasteiger partial charge in [0.2, 0.25) is 0 Å². The summed E-state index contributed by atoms with van der Waals surface area (Å²) in [7, 11) is 1.33. The van der Waals surface area contributed by atoms with Crippen LogP contribution in [0.25, 0.3) is 0 Å². The smallest absolute Gasteiger partial charge is 0.412 e. The number of aliphatic hydroxyl groups is 2. The Kier molecular flexibility index (Phi) is 5.40. The number of hydrogen-bond acceptors (Lipinski definition) is 6. The molecule has 7 heteroatoms. The van der Waals surface area contributed by atoms with Crippen LogP contribution in [0.4, 0.5) is 10.5 Å². The molecule has 21 heavy (non-hydrogen) atoms. The number of anilines is 1. The highest BCUT2D eigenvalue weighted by molar-refractivity contribution is 5.88. The third-order valence-electron chi connectivity index (χ3n) is 2.51. The average Bonchev–Trinajstić information content (AvgIpc) is 2.37. The quantitative estimate of drug-likeness (QED) is 0.631. The molecule has 0 fully saturated rings. The molecule has 0 aromatic heterocycles. The summed E-state index contributed by atoms with van der Waals surface area (Å²) >= 11 is 0. The summed E-state index contributed by atoms with van der Waals surface area (Å²) in [5.74, 6) is -0.233. The molecule has 0 saturated heterocycles. The van der Waals surface area contributed by atoms with Gasteiger partial charge >= 0.3 is 6.09 Å². The van der Waals surface area contributed by atoms with Crippen molar-refractivity contribution in [3.05, 3.63) is 17.7 Å². The Bertz CT molecular complexity index is 509. The van der Waals surface area contributed by atoms with Crippen LogP contribution in [0.1, 0.15) is 32.4 Å². The number of rotatable bonds is 4. The van der Waals surface area contributed by atoms with Crippen molar-refractivity contribution in [2.24, 2.45) is 0 Å². The van der Waals surface area contributed by atoms with E-state index in [1.165, 1.54) is 19.2 Å². The number of aliphatic hydroxyl groups excluding tert-OH is 2. The van der Waals surface area contributed by atoms with Gasteiger partial charge in [0.05, 0.1) is 19.4 Å². The van der Waals surface area contributed by atoms with Gasteiger partial charge in [-0.3, -0.25) is 5.32 Å². The van der Waals surface area contributed by atoms with Gasteiger partial charge in [0.25, 0.3) is 0 Å². The zero-order valence-electron chi connectivity index (χ0n) is 12.5. The monoisotopic (exact) mass is 299 g/mol. The van der Waals surface area contributed by atoms with Crippen molar-refractivity contribution in [1.29, 1.82) is 0 Å². The maximum atomic E-state index is 11.7. The average molecular weight is 299 g/mol. The first-order valence-electron chi connectivity index (χ1n) is 6.37. The fourth-order valence-electron chi connectivity index (χ4n) is 1.59. The molecule has 1 atom stereocenters. The number of carbonyl (C=O) groups is 1. The number of benzene rings is 1. The van der Waals surface area contributed by atoms with Crippen molar-refractivity contribution in [1.82, 2.24) is 0 Å². The summed E-state index contributed by atoms with van der Waals surface area (Å²) in [6.45, 7) is 4.62. The van der Waals surface area contributed by atoms with E-state index < -0.39 is 24.4 Å². The van der Waals surface area contributed by atoms with E-state index >= 15 is 0 Å². The SMILES string of the molecule is COc1cc(C(O)CO)cc(NC(=O)OC(C)(C)C)c1O. The standard InChI is InChI=1S/C14H21NO6/c1-14(2,3)21-13(19)15-9-5-8(10(17)7-16)6-11(20-4)12(9)18/h5-6,10,16-18H,7H2,1-4H3,(H,15,19). The number of phenolic OH excluding ortho intramolecular Hbond substituents is 1. The van der Waals surface area contributed by atoms with E-state index in [1.807, 2.05) is 0 Å². The van der Waals surface area contributed by atoms with Crippen molar-refractivity contribution >= 4 is 11.8 Å². The second-order valence-electron chi connectivity index (χ2n) is 5.44. The van der Waals surface area contributed by atoms with Gasteiger partial charge < -0.3 is 24.8 Å². The van der Waals surface area contributed by atoms with Crippen LogP contribution in [-0.2, 0) is 4.74 Å². The van der Waals surface area contributed by atoms with E-state index in [2.05, 4.69) is 5.32 Å². The van der Waals surface area contributed by atoms with Gasteiger partial charge in [0, 0.05) is 0 Å². The number of methoxy groups -OCH3 is 1. The lowest BCUT2D eigenvalue weighted by atomic mass is 10.1. The molecule has 1 aromatic carbocycles. The van der Waals surface area contributed by atoms with E-state index in [-0.39, 0.29) is 17.2 Å². The number of hydrogen-bond donors (Lipinski definition) is 4. The highest BCUT2D eigenvalue weighted by atomic mass is 16.6. The predicted octanol–water partition coefficient (Wildman–Crippen LogP) is 1.77. The zero-order valence-corrected chi connectivity index (χ0v) is 12.5. The van der Waals surface area contributed by atoms with Crippen LogP contribution in [0.5, 0.6) is 11.5 Å². The molecule has 1 aromatic rings. The van der Waals surface area contributed by atoms with E-state index in [9.17, 15) is 15.0 Å². The Morgan fingerprint density at radius 3 is 2.48 bits per heavy atom. The van der Waals surface area contributed by atoms with Crippen molar-refractivity contribution in [3.63, 3.8) is 0 Å². The molecule has 0 aliphatic heterocycles. The third-order valence-corrected chi connectivity index (χ3v) is 2.51. The van der Waals surface area contributed by atoms with E-state index in [4.69, 9.17) is 14.6 Å². The summed E-state index contributed by atoms with van der Waals surface area (Å²) < 4.78 is 10.1. The maximum Gasteiger partial charge on any atom is 0.412 e. The number of nitrogens with one attached hydrogen (secondary N) is 1. The van der Waals surface area contributed by atoms with Crippen molar-refractivity contribution in [2.75, 3.05) is 19.0 Å². The summed E-state index contributed by atoms with van der Waals surface area (Å²) in [5, 5.41) is 31.0. The van der Waals surface area contributed by atoms with Gasteiger partial charge in [0.1, 0.15) is 11.7 Å². The minimum atomic E-state index is -1.15. The molecular formula is C14H21NO6. The molecule has 0 aliphatic carbocycles. The number of amides is 1. The van der Waals surface area contributed by atoms with Crippen molar-refractivity contribution in [2.45, 2.75) is 32.5 Å². The number of ether oxygens (including phenoxy) is 2. The Balaban J connectivity index is 3.07. The fraction of sp³-hybridized carbons (Fsp3) is 0.500. The van der Waals surface area contributed by atoms with Crippen molar-refractivity contribution < 1.29 is 29.6 Å². The largest absolute Gasteiger partial charge is 0.503 e. The number of aromatic hydroxyl groups is 1. The predicted molar refractivity (Wildman–Crippen MR) is 76.6 cm³/mol. The lowest BCUT2D eigenvalue weighted by Crippen LogP contribution is -2.27. The Morgan fingerprint density at radius 1 is 1.38 bits per heavy atom. The first-order chi connectivity index (χ1) is 9.67. The topological polar surface area (TPSA) is 108 Å². The van der Waals surface area contributed by atoms with Crippen molar-refractivity contribution in [3.8, 4) is 11.5 Å². The molecule has 1 rings (SSSR count). The summed E-state index contributed by atoms with van der Waals surface area (Å²) in [5.41, 5.74) is -0.379. The maximum absolute atomic E-state index is 11.7. The highest BCUT2D eigenvalue weighted by Crippen LogP contribution is 2.37.